The number of phenolic OH excluding ortho intramolecular Hbond substituents is 1. The van der Waals surface area contributed by atoms with Crippen molar-refractivity contribution in [3.05, 3.63) is 101 Å². The number of hydrogen-bond acceptors (Lipinski definition) is 4. The number of likely N-dealkylation sites (tertiary alicyclic amines) is 2. The fourth-order valence-electron chi connectivity index (χ4n) is 9.71. The molecule has 1 N–H and O–H groups in total. The molecule has 0 aromatic heterocycles. The van der Waals surface area contributed by atoms with Crippen molar-refractivity contribution in [2.75, 3.05) is 19.6 Å². The summed E-state index contributed by atoms with van der Waals surface area (Å²) in [5, 5.41) is 10.7. The van der Waals surface area contributed by atoms with E-state index in [1.165, 1.54) is 29.5 Å². The monoisotopic (exact) mass is 534 g/mol. The molecule has 4 bridgehead atoms. The minimum Gasteiger partial charge on any atom is -0.508 e. The molecule has 5 heteroatoms. The molecule has 3 aromatic rings. The van der Waals surface area contributed by atoms with Crippen LogP contribution in [0.5, 0.6) is 5.75 Å². The maximum Gasteiger partial charge on any atom is 0.254 e. The zero-order valence-corrected chi connectivity index (χ0v) is 23.0. The normalized spacial score (nSPS) is 33.5. The van der Waals surface area contributed by atoms with Gasteiger partial charge in [-0.15, -0.1) is 0 Å². The van der Waals surface area contributed by atoms with Crippen LogP contribution in [0.2, 0.25) is 0 Å². The molecule has 6 atom stereocenters. The molecule has 4 fully saturated rings. The Labute approximate surface area is 236 Å². The predicted octanol–water partition coefficient (Wildman–Crippen LogP) is 5.36. The summed E-state index contributed by atoms with van der Waals surface area (Å²) in [5.74, 6) is 0.754. The molecule has 3 saturated heterocycles. The van der Waals surface area contributed by atoms with Gasteiger partial charge < -0.3 is 14.7 Å². The van der Waals surface area contributed by atoms with Crippen LogP contribution in [0.4, 0.5) is 0 Å². The molecule has 40 heavy (non-hydrogen) atoms. The number of phenols is 1. The van der Waals surface area contributed by atoms with E-state index >= 15 is 0 Å². The Morgan fingerprint density at radius 2 is 1.77 bits per heavy atom. The van der Waals surface area contributed by atoms with Crippen molar-refractivity contribution >= 4 is 5.91 Å². The number of nitrogens with zero attached hydrogens (tertiary/aromatic N) is 2. The van der Waals surface area contributed by atoms with Gasteiger partial charge in [-0.25, -0.2) is 0 Å². The lowest BCUT2D eigenvalue weighted by Gasteiger charge is -2.64. The number of ether oxygens (including phenoxy) is 1. The number of aromatic hydroxyl groups is 1. The average Bonchev–Trinajstić information content (AvgIpc) is 3.44. The molecule has 5 nitrogen and oxygen atoms in total. The van der Waals surface area contributed by atoms with E-state index in [0.29, 0.717) is 18.3 Å². The summed E-state index contributed by atoms with van der Waals surface area (Å²) < 4.78 is 7.33. The molecule has 0 radical (unpaired) electrons. The standard InChI is InChI=1S/C35H38N2O3/c38-27-15-14-26-21-31-35-17-16-29-32(30(40-35)23-37(29)33(39)25-12-5-2-6-13-25)34(35,28(26)22-27)18-20-36(31)19-8-7-11-24-9-3-1-4-10-24/h1-6,9-10,12-15,22,29-32,38H,7-8,11,16-21,23H2/t29-,30-,31-,32+,34+,35-/m1/s1. The second-order valence-electron chi connectivity index (χ2n) is 12.8. The molecule has 3 heterocycles. The number of carbonyl (C=O) groups excluding carboxylic acids is 1. The minimum absolute atomic E-state index is 0.0500. The number of aryl methyl sites for hydroxylation is 1. The molecule has 1 amide bonds. The number of benzene rings is 3. The van der Waals surface area contributed by atoms with Gasteiger partial charge in [0, 0.05) is 35.5 Å². The molecule has 8 rings (SSSR count). The van der Waals surface area contributed by atoms with Gasteiger partial charge in [0.1, 0.15) is 5.75 Å². The smallest absolute Gasteiger partial charge is 0.254 e. The first-order valence-corrected chi connectivity index (χ1v) is 15.2. The lowest BCUT2D eigenvalue weighted by Crippen LogP contribution is -2.74. The number of fused-ring (bicyclic) bond motifs is 1. The summed E-state index contributed by atoms with van der Waals surface area (Å²) in [6, 6.07) is 27.2. The Bertz CT molecular complexity index is 1430. The van der Waals surface area contributed by atoms with Crippen molar-refractivity contribution in [1.82, 2.24) is 9.80 Å². The van der Waals surface area contributed by atoms with E-state index in [4.69, 9.17) is 4.74 Å². The fraction of sp³-hybridized carbons (Fsp3) is 0.457. The largest absolute Gasteiger partial charge is 0.508 e. The third-order valence-electron chi connectivity index (χ3n) is 11.1. The summed E-state index contributed by atoms with van der Waals surface area (Å²) in [5.41, 5.74) is 4.47. The van der Waals surface area contributed by atoms with Crippen LogP contribution in [-0.2, 0) is 23.0 Å². The first-order chi connectivity index (χ1) is 19.6. The topological polar surface area (TPSA) is 53.0 Å². The van der Waals surface area contributed by atoms with E-state index < -0.39 is 0 Å². The van der Waals surface area contributed by atoms with Crippen molar-refractivity contribution in [3.8, 4) is 5.75 Å². The van der Waals surface area contributed by atoms with E-state index in [9.17, 15) is 9.90 Å². The molecule has 5 aliphatic rings. The maximum absolute atomic E-state index is 13.7. The van der Waals surface area contributed by atoms with Crippen molar-refractivity contribution in [3.63, 3.8) is 0 Å². The second kappa shape index (κ2) is 9.19. The van der Waals surface area contributed by atoms with Crippen LogP contribution in [0.25, 0.3) is 0 Å². The Morgan fingerprint density at radius 3 is 2.60 bits per heavy atom. The average molecular weight is 535 g/mol. The van der Waals surface area contributed by atoms with E-state index in [2.05, 4.69) is 46.2 Å². The molecule has 3 aliphatic heterocycles. The maximum atomic E-state index is 13.7. The number of carbonyl (C=O) groups is 1. The number of hydrogen-bond donors (Lipinski definition) is 1. The molecular weight excluding hydrogens is 496 g/mol. The highest BCUT2D eigenvalue weighted by Crippen LogP contribution is 2.69. The Kier molecular flexibility index (Phi) is 5.66. The van der Waals surface area contributed by atoms with Crippen molar-refractivity contribution in [2.45, 2.75) is 74.1 Å². The van der Waals surface area contributed by atoms with E-state index in [1.54, 1.807) is 0 Å². The summed E-state index contributed by atoms with van der Waals surface area (Å²) in [7, 11) is 0. The van der Waals surface area contributed by atoms with Gasteiger partial charge in [0.25, 0.3) is 5.91 Å². The summed E-state index contributed by atoms with van der Waals surface area (Å²) in [6.45, 7) is 2.83. The van der Waals surface area contributed by atoms with Gasteiger partial charge in [0.05, 0.1) is 11.7 Å². The highest BCUT2D eigenvalue weighted by Gasteiger charge is 2.78. The van der Waals surface area contributed by atoms with Gasteiger partial charge >= 0.3 is 0 Å². The molecule has 3 aromatic carbocycles. The molecule has 0 unspecified atom stereocenters. The van der Waals surface area contributed by atoms with Gasteiger partial charge in [-0.05, 0) is 99.0 Å². The fourth-order valence-corrected chi connectivity index (χ4v) is 9.71. The van der Waals surface area contributed by atoms with Gasteiger partial charge in [0.15, 0.2) is 0 Å². The highest BCUT2D eigenvalue weighted by atomic mass is 16.5. The Hall–Kier alpha value is -3.15. The van der Waals surface area contributed by atoms with Crippen molar-refractivity contribution in [2.24, 2.45) is 5.92 Å². The van der Waals surface area contributed by atoms with E-state index in [0.717, 1.165) is 50.8 Å². The van der Waals surface area contributed by atoms with Crippen LogP contribution < -0.4 is 0 Å². The molecule has 206 valence electrons. The zero-order valence-electron chi connectivity index (χ0n) is 23.0. The van der Waals surface area contributed by atoms with Crippen LogP contribution in [0, 0.1) is 5.92 Å². The number of piperidine rings is 1. The first kappa shape index (κ1) is 24.6. The molecule has 0 spiro atoms. The molecule has 2 aliphatic carbocycles. The second-order valence-corrected chi connectivity index (χ2v) is 12.8. The third kappa shape index (κ3) is 3.37. The van der Waals surface area contributed by atoms with Crippen molar-refractivity contribution in [1.29, 1.82) is 0 Å². The SMILES string of the molecule is O=C(c1ccccc1)N1C[C@H]2O[C@@]34CC[C@@H]1[C@@H]2[C@@]31CCN(CCCCc2ccccc2)[C@@H]4Cc2ccc(O)cc21. The van der Waals surface area contributed by atoms with Crippen LogP contribution in [0.1, 0.15) is 59.2 Å². The number of unbranched alkanes of at least 4 members (excludes halogenated alkanes) is 1. The first-order valence-electron chi connectivity index (χ1n) is 15.2. The Balaban J connectivity index is 1.11. The van der Waals surface area contributed by atoms with Gasteiger partial charge in [0.2, 0.25) is 0 Å². The van der Waals surface area contributed by atoms with Gasteiger partial charge in [-0.1, -0.05) is 54.6 Å². The van der Waals surface area contributed by atoms with Crippen LogP contribution >= 0.6 is 0 Å². The van der Waals surface area contributed by atoms with E-state index in [-0.39, 0.29) is 35.0 Å². The number of amides is 1. The highest BCUT2D eigenvalue weighted by molar-refractivity contribution is 5.94. The summed E-state index contributed by atoms with van der Waals surface area (Å²) >= 11 is 0. The quantitative estimate of drug-likeness (QED) is 0.433. The van der Waals surface area contributed by atoms with Crippen molar-refractivity contribution < 1.29 is 14.6 Å². The summed E-state index contributed by atoms with van der Waals surface area (Å²) in [4.78, 5) is 18.6. The summed E-state index contributed by atoms with van der Waals surface area (Å²) in [6.07, 6.45) is 7.54. The molecular formula is C35H38N2O3. The van der Waals surface area contributed by atoms with Crippen LogP contribution in [0.3, 0.4) is 0 Å². The zero-order chi connectivity index (χ0) is 26.9. The predicted molar refractivity (Wildman–Crippen MR) is 154 cm³/mol. The van der Waals surface area contributed by atoms with E-state index in [1.807, 2.05) is 42.5 Å². The lowest BCUT2D eigenvalue weighted by atomic mass is 9.46. The molecule has 1 saturated carbocycles. The lowest BCUT2D eigenvalue weighted by molar-refractivity contribution is -0.170. The van der Waals surface area contributed by atoms with Crippen LogP contribution in [0.15, 0.2) is 78.9 Å². The minimum atomic E-state index is -0.237. The van der Waals surface area contributed by atoms with Crippen LogP contribution in [-0.4, -0.2) is 64.2 Å². The number of rotatable bonds is 6. The van der Waals surface area contributed by atoms with Gasteiger partial charge in [-0.3, -0.25) is 9.69 Å². The third-order valence-corrected chi connectivity index (χ3v) is 11.1. The Morgan fingerprint density at radius 1 is 0.975 bits per heavy atom. The van der Waals surface area contributed by atoms with Gasteiger partial charge in [-0.2, -0.15) is 0 Å².